The van der Waals surface area contributed by atoms with E-state index in [4.69, 9.17) is 10.2 Å². The van der Waals surface area contributed by atoms with Gasteiger partial charge in [0.2, 0.25) is 0 Å². The number of hydrogen-bond acceptors (Lipinski definition) is 7. The SMILES string of the molecule is CN(C)C=C1NC(c2ccc([N+](=O)[O-])o2)=NC=C1N. The van der Waals surface area contributed by atoms with Gasteiger partial charge < -0.3 is 20.4 Å². The van der Waals surface area contributed by atoms with Crippen molar-refractivity contribution in [3.05, 3.63) is 51.8 Å². The molecule has 0 saturated carbocycles. The predicted molar refractivity (Wildman–Crippen MR) is 69.1 cm³/mol. The summed E-state index contributed by atoms with van der Waals surface area (Å²) >= 11 is 0. The summed E-state index contributed by atoms with van der Waals surface area (Å²) in [5.74, 6) is 0.315. The Morgan fingerprint density at radius 1 is 1.53 bits per heavy atom. The Balaban J connectivity index is 2.29. The van der Waals surface area contributed by atoms with E-state index in [2.05, 4.69) is 10.3 Å². The molecule has 0 radical (unpaired) electrons. The van der Waals surface area contributed by atoms with Gasteiger partial charge in [0.15, 0.2) is 11.6 Å². The van der Waals surface area contributed by atoms with Crippen LogP contribution in [0.3, 0.4) is 0 Å². The van der Waals surface area contributed by atoms with Gasteiger partial charge in [0.25, 0.3) is 0 Å². The molecule has 3 N–H and O–H groups in total. The van der Waals surface area contributed by atoms with Crippen molar-refractivity contribution in [1.82, 2.24) is 10.2 Å². The van der Waals surface area contributed by atoms with Crippen molar-refractivity contribution < 1.29 is 9.34 Å². The van der Waals surface area contributed by atoms with Crippen molar-refractivity contribution >= 4 is 11.7 Å². The summed E-state index contributed by atoms with van der Waals surface area (Å²) in [6, 6.07) is 2.75. The van der Waals surface area contributed by atoms with Gasteiger partial charge in [0, 0.05) is 20.3 Å². The Morgan fingerprint density at radius 3 is 2.84 bits per heavy atom. The highest BCUT2D eigenvalue weighted by Gasteiger charge is 2.19. The summed E-state index contributed by atoms with van der Waals surface area (Å²) in [7, 11) is 3.70. The lowest BCUT2D eigenvalue weighted by molar-refractivity contribution is -0.402. The highest BCUT2D eigenvalue weighted by atomic mass is 16.6. The minimum Gasteiger partial charge on any atom is -0.397 e. The number of nitro groups is 1. The van der Waals surface area contributed by atoms with Crippen molar-refractivity contribution in [2.24, 2.45) is 10.7 Å². The van der Waals surface area contributed by atoms with Crippen molar-refractivity contribution in [2.45, 2.75) is 0 Å². The quantitative estimate of drug-likeness (QED) is 0.614. The molecule has 0 aromatic carbocycles. The van der Waals surface area contributed by atoms with Crippen LogP contribution in [0.4, 0.5) is 5.88 Å². The lowest BCUT2D eigenvalue weighted by atomic mass is 10.3. The fourth-order valence-corrected chi connectivity index (χ4v) is 1.48. The first-order chi connectivity index (χ1) is 8.97. The highest BCUT2D eigenvalue weighted by molar-refractivity contribution is 5.99. The maximum Gasteiger partial charge on any atom is 0.433 e. The Morgan fingerprint density at radius 2 is 2.26 bits per heavy atom. The smallest absolute Gasteiger partial charge is 0.397 e. The van der Waals surface area contributed by atoms with Gasteiger partial charge in [-0.1, -0.05) is 0 Å². The molecule has 0 saturated heterocycles. The zero-order chi connectivity index (χ0) is 14.0. The summed E-state index contributed by atoms with van der Waals surface area (Å²) < 4.78 is 5.07. The zero-order valence-electron chi connectivity index (χ0n) is 10.5. The summed E-state index contributed by atoms with van der Waals surface area (Å²) in [4.78, 5) is 15.8. The van der Waals surface area contributed by atoms with E-state index in [9.17, 15) is 10.1 Å². The van der Waals surface area contributed by atoms with Crippen LogP contribution in [0.5, 0.6) is 0 Å². The Bertz CT molecular complexity index is 597. The second-order valence-electron chi connectivity index (χ2n) is 4.09. The first-order valence-electron chi connectivity index (χ1n) is 5.41. The van der Waals surface area contributed by atoms with E-state index in [1.165, 1.54) is 18.3 Å². The summed E-state index contributed by atoms with van der Waals surface area (Å²) in [5, 5.41) is 13.5. The Labute approximate surface area is 109 Å². The molecule has 0 atom stereocenters. The summed E-state index contributed by atoms with van der Waals surface area (Å²) in [6.07, 6.45) is 3.24. The van der Waals surface area contributed by atoms with Crippen molar-refractivity contribution in [2.75, 3.05) is 14.1 Å². The van der Waals surface area contributed by atoms with Gasteiger partial charge in [-0.2, -0.15) is 0 Å². The van der Waals surface area contributed by atoms with E-state index in [1.807, 2.05) is 19.0 Å². The normalized spacial score (nSPS) is 16.6. The third-order valence-electron chi connectivity index (χ3n) is 2.29. The molecule has 0 fully saturated rings. The Kier molecular flexibility index (Phi) is 3.23. The van der Waals surface area contributed by atoms with E-state index in [0.29, 0.717) is 17.2 Å². The molecule has 0 bridgehead atoms. The molecule has 0 unspecified atom stereocenters. The maximum atomic E-state index is 10.6. The monoisotopic (exact) mass is 263 g/mol. The van der Waals surface area contributed by atoms with Crippen LogP contribution in [0.1, 0.15) is 5.76 Å². The summed E-state index contributed by atoms with van der Waals surface area (Å²) in [5.41, 5.74) is 6.90. The molecule has 8 heteroatoms. The van der Waals surface area contributed by atoms with Gasteiger partial charge >= 0.3 is 5.88 Å². The van der Waals surface area contributed by atoms with Gasteiger partial charge in [0.1, 0.15) is 4.92 Å². The van der Waals surface area contributed by atoms with Gasteiger partial charge in [-0.25, -0.2) is 4.99 Å². The van der Waals surface area contributed by atoms with E-state index in [0.717, 1.165) is 0 Å². The van der Waals surface area contributed by atoms with Crippen molar-refractivity contribution in [3.63, 3.8) is 0 Å². The van der Waals surface area contributed by atoms with Crippen LogP contribution in [0, 0.1) is 10.1 Å². The van der Waals surface area contributed by atoms with Crippen LogP contribution in [0.2, 0.25) is 0 Å². The molecule has 1 aromatic heterocycles. The van der Waals surface area contributed by atoms with Gasteiger partial charge in [-0.3, -0.25) is 10.1 Å². The highest BCUT2D eigenvalue weighted by Crippen LogP contribution is 2.18. The lowest BCUT2D eigenvalue weighted by Gasteiger charge is -2.17. The first kappa shape index (κ1) is 12.7. The third-order valence-corrected chi connectivity index (χ3v) is 2.29. The minimum absolute atomic E-state index is 0.278. The number of furan rings is 1. The van der Waals surface area contributed by atoms with Crippen LogP contribution in [0.15, 0.2) is 45.3 Å². The van der Waals surface area contributed by atoms with Crippen LogP contribution in [-0.4, -0.2) is 29.8 Å². The standard InChI is InChI=1S/C11H13N5O3/c1-15(2)6-8-7(12)5-13-11(14-8)9-3-4-10(19-9)16(17)18/h3-6H,12H2,1-2H3,(H,13,14). The number of nitrogens with one attached hydrogen (secondary N) is 1. The average molecular weight is 263 g/mol. The molecule has 0 spiro atoms. The van der Waals surface area contributed by atoms with Gasteiger partial charge in [-0.05, 0) is 6.07 Å². The second-order valence-corrected chi connectivity index (χ2v) is 4.09. The zero-order valence-corrected chi connectivity index (χ0v) is 10.5. The van der Waals surface area contributed by atoms with Gasteiger partial charge in [-0.15, -0.1) is 0 Å². The van der Waals surface area contributed by atoms with E-state index in [1.54, 1.807) is 6.20 Å². The number of nitrogens with two attached hydrogens (primary N) is 1. The molecule has 2 rings (SSSR count). The molecule has 100 valence electrons. The second kappa shape index (κ2) is 4.84. The van der Waals surface area contributed by atoms with Gasteiger partial charge in [0.05, 0.1) is 23.7 Å². The van der Waals surface area contributed by atoms with Crippen LogP contribution in [0.25, 0.3) is 0 Å². The number of amidine groups is 1. The average Bonchev–Trinajstić information content (AvgIpc) is 2.81. The van der Waals surface area contributed by atoms with Crippen LogP contribution in [-0.2, 0) is 0 Å². The number of hydrogen-bond donors (Lipinski definition) is 2. The van der Waals surface area contributed by atoms with E-state index < -0.39 is 4.92 Å². The Hall–Kier alpha value is -2.77. The lowest BCUT2D eigenvalue weighted by Crippen LogP contribution is -2.30. The molecular weight excluding hydrogens is 250 g/mol. The molecule has 1 aliphatic heterocycles. The topological polar surface area (TPSA) is 110 Å². The molecular formula is C11H13N5O3. The molecule has 1 aromatic rings. The van der Waals surface area contributed by atoms with Crippen LogP contribution < -0.4 is 11.1 Å². The first-order valence-corrected chi connectivity index (χ1v) is 5.41. The number of aliphatic imine (C=N–C) groups is 1. The molecule has 2 heterocycles. The minimum atomic E-state index is -0.604. The van der Waals surface area contributed by atoms with E-state index in [-0.39, 0.29) is 11.6 Å². The summed E-state index contributed by atoms with van der Waals surface area (Å²) in [6.45, 7) is 0. The third kappa shape index (κ3) is 2.73. The van der Waals surface area contributed by atoms with Crippen molar-refractivity contribution in [1.29, 1.82) is 0 Å². The fourth-order valence-electron chi connectivity index (χ4n) is 1.48. The van der Waals surface area contributed by atoms with Crippen molar-refractivity contribution in [3.8, 4) is 0 Å². The number of nitrogens with zero attached hydrogens (tertiary/aromatic N) is 3. The molecule has 19 heavy (non-hydrogen) atoms. The van der Waals surface area contributed by atoms with E-state index >= 15 is 0 Å². The molecule has 8 nitrogen and oxygen atoms in total. The van der Waals surface area contributed by atoms with Crippen LogP contribution >= 0.6 is 0 Å². The number of rotatable bonds is 3. The predicted octanol–water partition coefficient (Wildman–Crippen LogP) is 0.741. The fraction of sp³-hybridized carbons (Fsp3) is 0.182. The molecule has 0 aliphatic carbocycles. The molecule has 0 amide bonds. The molecule has 1 aliphatic rings. The largest absolute Gasteiger partial charge is 0.433 e. The maximum absolute atomic E-state index is 10.6.